The molecular weight excluding hydrogens is 328 g/mol. The van der Waals surface area contributed by atoms with E-state index < -0.39 is 0 Å². The van der Waals surface area contributed by atoms with E-state index in [4.69, 9.17) is 10.2 Å². The molecule has 0 radical (unpaired) electrons. The first kappa shape index (κ1) is 29.4. The molecule has 154 valence electrons. The first-order chi connectivity index (χ1) is 12.2. The number of benzene rings is 1. The van der Waals surface area contributed by atoms with E-state index in [1.807, 2.05) is 27.7 Å². The van der Waals surface area contributed by atoms with Crippen molar-refractivity contribution in [2.24, 2.45) is 5.92 Å². The van der Waals surface area contributed by atoms with Crippen LogP contribution in [0.2, 0.25) is 0 Å². The average Bonchev–Trinajstić information content (AvgIpc) is 2.60. The third kappa shape index (κ3) is 16.1. The number of rotatable bonds is 6. The summed E-state index contributed by atoms with van der Waals surface area (Å²) in [5, 5.41) is 27.4. The van der Waals surface area contributed by atoms with Gasteiger partial charge in [0.25, 0.3) is 0 Å². The molecule has 0 aromatic heterocycles. The van der Waals surface area contributed by atoms with Gasteiger partial charge in [-0.3, -0.25) is 4.79 Å². The lowest BCUT2D eigenvalue weighted by molar-refractivity contribution is 0.0750. The third-order valence-electron chi connectivity index (χ3n) is 3.59. The lowest BCUT2D eigenvalue weighted by Crippen LogP contribution is -2.17. The maximum absolute atomic E-state index is 10.8. The fraction of sp³-hybridized carbons (Fsp3) is 0.682. The highest BCUT2D eigenvalue weighted by atomic mass is 16.3. The summed E-state index contributed by atoms with van der Waals surface area (Å²) in [6.45, 7) is 17.2. The van der Waals surface area contributed by atoms with Crippen LogP contribution >= 0.6 is 0 Å². The van der Waals surface area contributed by atoms with Crippen LogP contribution in [0.5, 0.6) is 5.75 Å². The van der Waals surface area contributed by atoms with Gasteiger partial charge in [0.2, 0.25) is 0 Å². The maximum atomic E-state index is 10.8. The van der Waals surface area contributed by atoms with E-state index >= 15 is 0 Å². The van der Waals surface area contributed by atoms with Crippen LogP contribution in [0, 0.1) is 12.8 Å². The van der Waals surface area contributed by atoms with E-state index in [0.29, 0.717) is 17.9 Å². The van der Waals surface area contributed by atoms with Crippen LogP contribution in [-0.2, 0) is 0 Å². The fourth-order valence-electron chi connectivity index (χ4n) is 2.00. The predicted octanol–water partition coefficient (Wildman–Crippen LogP) is 5.51. The minimum atomic E-state index is -0.381. The molecule has 1 aromatic rings. The van der Waals surface area contributed by atoms with E-state index in [1.165, 1.54) is 13.0 Å². The molecule has 0 saturated carbocycles. The summed E-state index contributed by atoms with van der Waals surface area (Å²) >= 11 is 0. The van der Waals surface area contributed by atoms with Crippen LogP contribution in [0.1, 0.15) is 90.6 Å². The Morgan fingerprint density at radius 3 is 1.88 bits per heavy atom. The molecule has 3 unspecified atom stereocenters. The van der Waals surface area contributed by atoms with Gasteiger partial charge in [-0.1, -0.05) is 48.0 Å². The van der Waals surface area contributed by atoms with E-state index in [0.717, 1.165) is 18.4 Å². The van der Waals surface area contributed by atoms with Gasteiger partial charge in [0, 0.05) is 5.56 Å². The summed E-state index contributed by atoms with van der Waals surface area (Å²) in [7, 11) is 0. The van der Waals surface area contributed by atoms with Gasteiger partial charge in [0.15, 0.2) is 5.78 Å². The Kier molecular flexibility index (Phi) is 20.8. The number of carbonyl (C=O) groups is 1. The van der Waals surface area contributed by atoms with E-state index in [9.17, 15) is 9.90 Å². The topological polar surface area (TPSA) is 77.8 Å². The second-order valence-electron chi connectivity index (χ2n) is 6.05. The van der Waals surface area contributed by atoms with Crippen molar-refractivity contribution in [3.63, 3.8) is 0 Å². The number of carbonyl (C=O) groups excluding carboxylic acids is 1. The van der Waals surface area contributed by atoms with Gasteiger partial charge in [-0.25, -0.2) is 0 Å². The molecule has 4 heteroatoms. The monoisotopic (exact) mass is 370 g/mol. The highest BCUT2D eigenvalue weighted by molar-refractivity contribution is 5.94. The minimum Gasteiger partial charge on any atom is -0.508 e. The molecule has 0 aliphatic rings. The normalized spacial score (nSPS) is 12.7. The Hall–Kier alpha value is -1.39. The number of aromatic hydroxyl groups is 1. The van der Waals surface area contributed by atoms with Gasteiger partial charge in [0.1, 0.15) is 5.75 Å². The van der Waals surface area contributed by atoms with Crippen molar-refractivity contribution in [2.45, 2.75) is 93.8 Å². The van der Waals surface area contributed by atoms with Crippen molar-refractivity contribution in [3.8, 4) is 5.75 Å². The van der Waals surface area contributed by atoms with E-state index in [2.05, 4.69) is 13.8 Å². The highest BCUT2D eigenvalue weighted by Gasteiger charge is 2.10. The van der Waals surface area contributed by atoms with Crippen molar-refractivity contribution in [3.05, 3.63) is 29.3 Å². The van der Waals surface area contributed by atoms with Gasteiger partial charge in [-0.15, -0.1) is 0 Å². The number of hydrogen-bond donors (Lipinski definition) is 3. The predicted molar refractivity (Wildman–Crippen MR) is 112 cm³/mol. The van der Waals surface area contributed by atoms with E-state index in [-0.39, 0.29) is 23.7 Å². The molecule has 0 saturated heterocycles. The number of aliphatic hydroxyl groups is 2. The van der Waals surface area contributed by atoms with Gasteiger partial charge < -0.3 is 15.3 Å². The molecule has 26 heavy (non-hydrogen) atoms. The van der Waals surface area contributed by atoms with Crippen molar-refractivity contribution in [1.82, 2.24) is 0 Å². The number of hydrogen-bond acceptors (Lipinski definition) is 4. The number of aliphatic hydroxyl groups excluding tert-OH is 2. The van der Waals surface area contributed by atoms with Gasteiger partial charge in [0.05, 0.1) is 12.2 Å². The van der Waals surface area contributed by atoms with Gasteiger partial charge in [-0.2, -0.15) is 0 Å². The summed E-state index contributed by atoms with van der Waals surface area (Å²) in [6, 6.07) is 4.83. The van der Waals surface area contributed by atoms with Crippen molar-refractivity contribution >= 4 is 5.78 Å². The van der Waals surface area contributed by atoms with Crippen LogP contribution in [0.4, 0.5) is 0 Å². The summed E-state index contributed by atoms with van der Waals surface area (Å²) < 4.78 is 0. The molecule has 0 aliphatic carbocycles. The van der Waals surface area contributed by atoms with Crippen molar-refractivity contribution in [2.75, 3.05) is 0 Å². The van der Waals surface area contributed by atoms with Crippen LogP contribution in [0.15, 0.2) is 18.2 Å². The Labute approximate surface area is 161 Å². The Morgan fingerprint density at radius 2 is 1.54 bits per heavy atom. The standard InChI is InChI=1S/C9H10O2.C9H20O2.2C2H6/c1-6-5-8(7(2)10)3-4-9(6)11;1-4-7(2)5-9(11)6-8(3)10;2*1-2/h3-5,11H,1-2H3;7-11H,4-6H2,1-3H3;2*1-2H3. The Bertz CT molecular complexity index is 455. The molecule has 0 spiro atoms. The van der Waals surface area contributed by atoms with E-state index in [1.54, 1.807) is 26.0 Å². The lowest BCUT2D eigenvalue weighted by Gasteiger charge is -2.15. The molecule has 1 aromatic carbocycles. The minimum absolute atomic E-state index is 0.0214. The molecule has 0 aliphatic heterocycles. The lowest BCUT2D eigenvalue weighted by atomic mass is 9.98. The summed E-state index contributed by atoms with van der Waals surface area (Å²) in [6.07, 6.45) is 1.70. The number of Topliss-reactive ketones (excluding diaryl/α,β-unsaturated/α-hetero) is 1. The number of ketones is 1. The zero-order chi connectivity index (χ0) is 21.3. The molecular formula is C22H42O4. The zero-order valence-electron chi connectivity index (χ0n) is 18.3. The highest BCUT2D eigenvalue weighted by Crippen LogP contribution is 2.16. The maximum Gasteiger partial charge on any atom is 0.159 e. The zero-order valence-corrected chi connectivity index (χ0v) is 18.3. The number of phenols is 1. The van der Waals surface area contributed by atoms with Crippen molar-refractivity contribution in [1.29, 1.82) is 0 Å². The summed E-state index contributed by atoms with van der Waals surface area (Å²) in [5.41, 5.74) is 1.37. The average molecular weight is 371 g/mol. The molecule has 0 heterocycles. The number of phenolic OH excluding ortho intramolecular Hbond substituents is 1. The van der Waals surface area contributed by atoms with Gasteiger partial charge >= 0.3 is 0 Å². The largest absolute Gasteiger partial charge is 0.508 e. The molecule has 4 nitrogen and oxygen atoms in total. The van der Waals surface area contributed by atoms with Crippen LogP contribution in [0.25, 0.3) is 0 Å². The summed E-state index contributed by atoms with van der Waals surface area (Å²) in [5.74, 6) is 0.812. The third-order valence-corrected chi connectivity index (χ3v) is 3.59. The second kappa shape index (κ2) is 18.4. The quantitative estimate of drug-likeness (QED) is 0.577. The van der Waals surface area contributed by atoms with Crippen LogP contribution in [-0.4, -0.2) is 33.3 Å². The molecule has 1 rings (SSSR count). The van der Waals surface area contributed by atoms with Crippen molar-refractivity contribution < 1.29 is 20.1 Å². The molecule has 0 fully saturated rings. The smallest absolute Gasteiger partial charge is 0.159 e. The molecule has 3 atom stereocenters. The Morgan fingerprint density at radius 1 is 1.04 bits per heavy atom. The summed E-state index contributed by atoms with van der Waals surface area (Å²) in [4.78, 5) is 10.8. The fourth-order valence-corrected chi connectivity index (χ4v) is 2.00. The molecule has 0 amide bonds. The van der Waals surface area contributed by atoms with Crippen LogP contribution in [0.3, 0.4) is 0 Å². The van der Waals surface area contributed by atoms with Crippen LogP contribution < -0.4 is 0 Å². The molecule has 3 N–H and O–H groups in total. The molecule has 0 bridgehead atoms. The first-order valence-electron chi connectivity index (χ1n) is 9.84. The Balaban J connectivity index is -0.000000341. The SMILES string of the molecule is CC.CC.CC(=O)c1ccc(O)c(C)c1.CCC(C)CC(O)CC(C)O. The second-order valence-corrected chi connectivity index (χ2v) is 6.05. The van der Waals surface area contributed by atoms with Gasteiger partial charge in [-0.05, 0) is 63.3 Å². The number of aryl methyl sites for hydroxylation is 1. The first-order valence-corrected chi connectivity index (χ1v) is 9.84.